The number of aliphatic hydroxyl groups excluding tert-OH is 1. The molecule has 3 unspecified atom stereocenters. The van der Waals surface area contributed by atoms with E-state index in [9.17, 15) is 9.50 Å². The van der Waals surface area contributed by atoms with Gasteiger partial charge in [-0.15, -0.1) is 0 Å². The van der Waals surface area contributed by atoms with Gasteiger partial charge in [-0.25, -0.2) is 4.39 Å². The number of nitrogens with one attached hydrogen (secondary N) is 1. The highest BCUT2D eigenvalue weighted by atomic mass is 35.5. The molecule has 0 radical (unpaired) electrons. The summed E-state index contributed by atoms with van der Waals surface area (Å²) in [6.45, 7) is 2.25. The van der Waals surface area contributed by atoms with E-state index in [2.05, 4.69) is 5.32 Å². The van der Waals surface area contributed by atoms with Crippen molar-refractivity contribution in [2.45, 2.75) is 44.7 Å². The molecule has 0 heterocycles. The molecule has 3 atom stereocenters. The van der Waals surface area contributed by atoms with Crippen LogP contribution >= 0.6 is 11.6 Å². The van der Waals surface area contributed by atoms with Crippen molar-refractivity contribution in [3.8, 4) is 0 Å². The molecule has 0 saturated heterocycles. The smallest absolute Gasteiger partial charge is 0.124 e. The first-order valence-electron chi connectivity index (χ1n) is 6.93. The molecule has 0 aliphatic heterocycles. The first kappa shape index (κ1) is 14.8. The summed E-state index contributed by atoms with van der Waals surface area (Å²) in [5.41, 5.74) is 0.908. The molecule has 1 saturated carbocycles. The van der Waals surface area contributed by atoms with E-state index in [0.717, 1.165) is 18.4 Å². The van der Waals surface area contributed by atoms with Crippen molar-refractivity contribution in [3.63, 3.8) is 0 Å². The van der Waals surface area contributed by atoms with Gasteiger partial charge < -0.3 is 10.4 Å². The van der Waals surface area contributed by atoms with Gasteiger partial charge in [0.2, 0.25) is 0 Å². The molecular formula is C15H21ClFNO. The normalized spacial score (nSPS) is 25.3. The summed E-state index contributed by atoms with van der Waals surface area (Å²) in [5.74, 6) is 0.00211. The van der Waals surface area contributed by atoms with E-state index >= 15 is 0 Å². The molecule has 2 N–H and O–H groups in total. The predicted molar refractivity (Wildman–Crippen MR) is 75.8 cm³/mol. The van der Waals surface area contributed by atoms with Crippen LogP contribution in [0.1, 0.15) is 44.2 Å². The van der Waals surface area contributed by atoms with Gasteiger partial charge in [0.05, 0.1) is 0 Å². The fourth-order valence-corrected chi connectivity index (χ4v) is 3.24. The third kappa shape index (κ3) is 3.68. The number of hydrogen-bond donors (Lipinski definition) is 2. The molecule has 2 rings (SSSR count). The molecule has 0 spiro atoms. The van der Waals surface area contributed by atoms with E-state index in [1.54, 1.807) is 6.07 Å². The predicted octanol–water partition coefficient (Wildman–Crippen LogP) is 3.68. The van der Waals surface area contributed by atoms with Crippen LogP contribution < -0.4 is 5.32 Å². The van der Waals surface area contributed by atoms with Crippen LogP contribution in [-0.4, -0.2) is 17.8 Å². The van der Waals surface area contributed by atoms with Crippen LogP contribution in [0.25, 0.3) is 0 Å². The van der Waals surface area contributed by atoms with Crippen LogP contribution in [-0.2, 0) is 0 Å². The Hall–Kier alpha value is -0.640. The molecule has 19 heavy (non-hydrogen) atoms. The Bertz CT molecular complexity index is 427. The summed E-state index contributed by atoms with van der Waals surface area (Å²) in [5, 5.41) is 13.4. The Labute approximate surface area is 119 Å². The highest BCUT2D eigenvalue weighted by Gasteiger charge is 2.26. The summed E-state index contributed by atoms with van der Waals surface area (Å²) >= 11 is 6.08. The van der Waals surface area contributed by atoms with Crippen LogP contribution in [0.15, 0.2) is 18.2 Å². The standard InChI is InChI=1S/C15H21ClFNO/c1-10(13-7-6-12(17)8-14(13)16)18-15-5-3-2-4-11(15)9-19/h6-8,10-11,15,18-19H,2-5,9H2,1H3. The average Bonchev–Trinajstić information content (AvgIpc) is 2.39. The molecule has 1 aromatic carbocycles. The quantitative estimate of drug-likeness (QED) is 0.884. The van der Waals surface area contributed by atoms with Crippen LogP contribution in [0.2, 0.25) is 5.02 Å². The monoisotopic (exact) mass is 285 g/mol. The highest BCUT2D eigenvalue weighted by molar-refractivity contribution is 6.31. The number of benzene rings is 1. The van der Waals surface area contributed by atoms with E-state index in [0.29, 0.717) is 17.0 Å². The van der Waals surface area contributed by atoms with Gasteiger partial charge in [0, 0.05) is 23.7 Å². The fourth-order valence-electron chi connectivity index (χ4n) is 2.91. The third-order valence-electron chi connectivity index (χ3n) is 4.04. The van der Waals surface area contributed by atoms with Crippen molar-refractivity contribution in [3.05, 3.63) is 34.6 Å². The second kappa shape index (κ2) is 6.69. The Morgan fingerprint density at radius 3 is 2.84 bits per heavy atom. The zero-order valence-corrected chi connectivity index (χ0v) is 12.0. The van der Waals surface area contributed by atoms with Crippen molar-refractivity contribution < 1.29 is 9.50 Å². The van der Waals surface area contributed by atoms with Crippen molar-refractivity contribution in [1.29, 1.82) is 0 Å². The van der Waals surface area contributed by atoms with E-state index in [1.807, 2.05) is 6.92 Å². The molecule has 1 aromatic rings. The van der Waals surface area contributed by atoms with Gasteiger partial charge in [-0.05, 0) is 43.4 Å². The molecule has 0 amide bonds. The average molecular weight is 286 g/mol. The maximum absolute atomic E-state index is 13.0. The zero-order valence-electron chi connectivity index (χ0n) is 11.2. The summed E-state index contributed by atoms with van der Waals surface area (Å²) in [4.78, 5) is 0. The lowest BCUT2D eigenvalue weighted by atomic mass is 9.84. The van der Waals surface area contributed by atoms with E-state index in [1.165, 1.54) is 25.0 Å². The Kier molecular flexibility index (Phi) is 5.20. The summed E-state index contributed by atoms with van der Waals surface area (Å²) in [6, 6.07) is 4.88. The van der Waals surface area contributed by atoms with Gasteiger partial charge >= 0.3 is 0 Å². The maximum atomic E-state index is 13.0. The van der Waals surface area contributed by atoms with Gasteiger partial charge in [0.15, 0.2) is 0 Å². The minimum Gasteiger partial charge on any atom is -0.396 e. The van der Waals surface area contributed by atoms with Crippen LogP contribution in [0, 0.1) is 11.7 Å². The molecule has 106 valence electrons. The lowest BCUT2D eigenvalue weighted by Gasteiger charge is -2.33. The molecule has 0 aromatic heterocycles. The van der Waals surface area contributed by atoms with Gasteiger partial charge in [-0.2, -0.15) is 0 Å². The van der Waals surface area contributed by atoms with Crippen molar-refractivity contribution >= 4 is 11.6 Å². The van der Waals surface area contributed by atoms with Gasteiger partial charge in [-0.3, -0.25) is 0 Å². The number of hydrogen-bond acceptors (Lipinski definition) is 2. The lowest BCUT2D eigenvalue weighted by molar-refractivity contribution is 0.147. The Balaban J connectivity index is 2.05. The second-order valence-corrected chi connectivity index (χ2v) is 5.79. The lowest BCUT2D eigenvalue weighted by Crippen LogP contribution is -2.41. The van der Waals surface area contributed by atoms with Crippen molar-refractivity contribution in [1.82, 2.24) is 5.32 Å². The number of rotatable bonds is 4. The van der Waals surface area contributed by atoms with E-state index < -0.39 is 0 Å². The zero-order chi connectivity index (χ0) is 13.8. The largest absolute Gasteiger partial charge is 0.396 e. The fraction of sp³-hybridized carbons (Fsp3) is 0.600. The molecule has 1 fully saturated rings. The molecular weight excluding hydrogens is 265 g/mol. The summed E-state index contributed by atoms with van der Waals surface area (Å²) in [7, 11) is 0. The molecule has 1 aliphatic rings. The Morgan fingerprint density at radius 1 is 1.42 bits per heavy atom. The molecule has 4 heteroatoms. The maximum Gasteiger partial charge on any atom is 0.124 e. The van der Waals surface area contributed by atoms with Crippen molar-refractivity contribution in [2.24, 2.45) is 5.92 Å². The topological polar surface area (TPSA) is 32.3 Å². The minimum atomic E-state index is -0.313. The molecule has 2 nitrogen and oxygen atoms in total. The van der Waals surface area contributed by atoms with E-state index in [4.69, 9.17) is 11.6 Å². The molecule has 0 bridgehead atoms. The third-order valence-corrected chi connectivity index (χ3v) is 4.36. The SMILES string of the molecule is CC(NC1CCCCC1CO)c1ccc(F)cc1Cl. The van der Waals surface area contributed by atoms with Crippen LogP contribution in [0.3, 0.4) is 0 Å². The van der Waals surface area contributed by atoms with Gasteiger partial charge in [0.1, 0.15) is 5.82 Å². The number of halogens is 2. The van der Waals surface area contributed by atoms with Gasteiger partial charge in [0.25, 0.3) is 0 Å². The van der Waals surface area contributed by atoms with Crippen LogP contribution in [0.5, 0.6) is 0 Å². The highest BCUT2D eigenvalue weighted by Crippen LogP contribution is 2.29. The Morgan fingerprint density at radius 2 is 2.16 bits per heavy atom. The minimum absolute atomic E-state index is 0.0604. The van der Waals surface area contributed by atoms with Crippen LogP contribution in [0.4, 0.5) is 4.39 Å². The number of aliphatic hydroxyl groups is 1. The van der Waals surface area contributed by atoms with Crippen molar-refractivity contribution in [2.75, 3.05) is 6.61 Å². The summed E-state index contributed by atoms with van der Waals surface area (Å²) < 4.78 is 13.0. The second-order valence-electron chi connectivity index (χ2n) is 5.39. The van der Waals surface area contributed by atoms with Gasteiger partial charge in [-0.1, -0.05) is 30.5 Å². The van der Waals surface area contributed by atoms with E-state index in [-0.39, 0.29) is 18.5 Å². The first-order chi connectivity index (χ1) is 9.11. The summed E-state index contributed by atoms with van der Waals surface area (Å²) in [6.07, 6.45) is 4.53. The first-order valence-corrected chi connectivity index (χ1v) is 7.31. The molecule has 1 aliphatic carbocycles.